The lowest BCUT2D eigenvalue weighted by atomic mass is 9.92. The Morgan fingerprint density at radius 3 is 2.95 bits per heavy atom. The third-order valence-corrected chi connectivity index (χ3v) is 4.22. The Kier molecular flexibility index (Phi) is 4.49. The molecule has 0 radical (unpaired) electrons. The van der Waals surface area contributed by atoms with Crippen molar-refractivity contribution in [1.29, 1.82) is 0 Å². The van der Waals surface area contributed by atoms with Gasteiger partial charge in [-0.15, -0.1) is 0 Å². The smallest absolute Gasteiger partial charge is 0.232 e. The SMILES string of the molecule is COc1cnc2ccc(F)c(CNC3CCCCC3O)c2n1. The van der Waals surface area contributed by atoms with Crippen LogP contribution >= 0.6 is 0 Å². The minimum atomic E-state index is -0.368. The number of hydrogen-bond donors (Lipinski definition) is 2. The van der Waals surface area contributed by atoms with E-state index in [2.05, 4.69) is 15.3 Å². The molecule has 1 aromatic heterocycles. The van der Waals surface area contributed by atoms with Gasteiger partial charge in [0.1, 0.15) is 11.3 Å². The van der Waals surface area contributed by atoms with E-state index in [1.165, 1.54) is 19.4 Å². The van der Waals surface area contributed by atoms with Gasteiger partial charge in [-0.05, 0) is 25.0 Å². The normalized spacial score (nSPS) is 22.0. The highest BCUT2D eigenvalue weighted by molar-refractivity contribution is 5.78. The number of nitrogens with zero attached hydrogens (tertiary/aromatic N) is 2. The number of aliphatic hydroxyl groups is 1. The number of methoxy groups -OCH3 is 1. The molecule has 118 valence electrons. The van der Waals surface area contributed by atoms with Crippen LogP contribution in [0.25, 0.3) is 11.0 Å². The van der Waals surface area contributed by atoms with Crippen molar-refractivity contribution < 1.29 is 14.2 Å². The van der Waals surface area contributed by atoms with Gasteiger partial charge in [-0.25, -0.2) is 14.4 Å². The summed E-state index contributed by atoms with van der Waals surface area (Å²) >= 11 is 0. The topological polar surface area (TPSA) is 67.3 Å². The highest BCUT2D eigenvalue weighted by Crippen LogP contribution is 2.23. The molecule has 1 saturated carbocycles. The molecule has 2 unspecified atom stereocenters. The molecular formula is C16H20FN3O2. The second kappa shape index (κ2) is 6.54. The number of benzene rings is 1. The second-order valence-corrected chi connectivity index (χ2v) is 5.65. The summed E-state index contributed by atoms with van der Waals surface area (Å²) in [4.78, 5) is 8.54. The molecule has 1 fully saturated rings. The van der Waals surface area contributed by atoms with Crippen molar-refractivity contribution in [2.75, 3.05) is 7.11 Å². The summed E-state index contributed by atoms with van der Waals surface area (Å²) in [5.74, 6) is 0.0323. The van der Waals surface area contributed by atoms with E-state index in [1.807, 2.05) is 0 Å². The molecule has 1 heterocycles. The van der Waals surface area contributed by atoms with Crippen molar-refractivity contribution in [3.63, 3.8) is 0 Å². The zero-order chi connectivity index (χ0) is 15.5. The van der Waals surface area contributed by atoms with Crippen LogP contribution in [0.5, 0.6) is 5.88 Å². The van der Waals surface area contributed by atoms with Crippen molar-refractivity contribution in [2.24, 2.45) is 0 Å². The molecule has 2 atom stereocenters. The lowest BCUT2D eigenvalue weighted by Gasteiger charge is -2.28. The minimum absolute atomic E-state index is 0.00183. The first-order chi connectivity index (χ1) is 10.7. The zero-order valence-corrected chi connectivity index (χ0v) is 12.6. The zero-order valence-electron chi connectivity index (χ0n) is 12.6. The molecular weight excluding hydrogens is 285 g/mol. The van der Waals surface area contributed by atoms with Crippen LogP contribution in [-0.4, -0.2) is 34.3 Å². The lowest BCUT2D eigenvalue weighted by Crippen LogP contribution is -2.41. The van der Waals surface area contributed by atoms with Crippen LogP contribution in [0.3, 0.4) is 0 Å². The molecule has 2 aromatic rings. The molecule has 5 nitrogen and oxygen atoms in total. The van der Waals surface area contributed by atoms with E-state index in [9.17, 15) is 9.50 Å². The Balaban J connectivity index is 1.86. The maximum atomic E-state index is 14.2. The Morgan fingerprint density at radius 2 is 2.18 bits per heavy atom. The second-order valence-electron chi connectivity index (χ2n) is 5.65. The van der Waals surface area contributed by atoms with E-state index < -0.39 is 0 Å². The van der Waals surface area contributed by atoms with Crippen molar-refractivity contribution in [3.8, 4) is 5.88 Å². The first-order valence-corrected chi connectivity index (χ1v) is 7.58. The number of halogens is 1. The van der Waals surface area contributed by atoms with Crippen LogP contribution in [0.2, 0.25) is 0 Å². The summed E-state index contributed by atoms with van der Waals surface area (Å²) in [6.45, 7) is 0.312. The van der Waals surface area contributed by atoms with E-state index in [4.69, 9.17) is 4.74 Å². The van der Waals surface area contributed by atoms with Crippen LogP contribution in [-0.2, 0) is 6.54 Å². The fourth-order valence-electron chi connectivity index (χ4n) is 2.94. The maximum absolute atomic E-state index is 14.2. The van der Waals surface area contributed by atoms with Crippen LogP contribution in [0, 0.1) is 5.82 Å². The largest absolute Gasteiger partial charge is 0.480 e. The number of fused-ring (bicyclic) bond motifs is 1. The monoisotopic (exact) mass is 305 g/mol. The quantitative estimate of drug-likeness (QED) is 0.906. The average molecular weight is 305 g/mol. The van der Waals surface area contributed by atoms with E-state index in [1.54, 1.807) is 6.07 Å². The molecule has 0 spiro atoms. The molecule has 3 rings (SSSR count). The Labute approximate surface area is 128 Å². The van der Waals surface area contributed by atoms with Gasteiger partial charge in [0.25, 0.3) is 0 Å². The molecule has 6 heteroatoms. The summed E-state index contributed by atoms with van der Waals surface area (Å²) in [6.07, 6.45) is 4.98. The van der Waals surface area contributed by atoms with Gasteiger partial charge in [-0.3, -0.25) is 0 Å². The van der Waals surface area contributed by atoms with Gasteiger partial charge < -0.3 is 15.2 Å². The van der Waals surface area contributed by atoms with E-state index in [-0.39, 0.29) is 18.0 Å². The van der Waals surface area contributed by atoms with Crippen molar-refractivity contribution in [2.45, 2.75) is 44.4 Å². The first-order valence-electron chi connectivity index (χ1n) is 7.58. The highest BCUT2D eigenvalue weighted by Gasteiger charge is 2.23. The lowest BCUT2D eigenvalue weighted by molar-refractivity contribution is 0.0901. The number of aliphatic hydroxyl groups excluding tert-OH is 1. The van der Waals surface area contributed by atoms with Crippen LogP contribution in [0.4, 0.5) is 4.39 Å². The minimum Gasteiger partial charge on any atom is -0.480 e. The predicted octanol–water partition coefficient (Wildman–Crippen LogP) is 2.17. The fraction of sp³-hybridized carbons (Fsp3) is 0.500. The van der Waals surface area contributed by atoms with E-state index >= 15 is 0 Å². The van der Waals surface area contributed by atoms with Gasteiger partial charge in [0.2, 0.25) is 5.88 Å². The van der Waals surface area contributed by atoms with Gasteiger partial charge in [0, 0.05) is 18.2 Å². The number of aromatic nitrogens is 2. The Hall–Kier alpha value is -1.79. The first kappa shape index (κ1) is 15.1. The molecule has 1 aliphatic rings. The van der Waals surface area contributed by atoms with Crippen molar-refractivity contribution >= 4 is 11.0 Å². The Bertz CT molecular complexity index is 665. The predicted molar refractivity (Wildman–Crippen MR) is 81.2 cm³/mol. The summed E-state index contributed by atoms with van der Waals surface area (Å²) in [5.41, 5.74) is 1.59. The van der Waals surface area contributed by atoms with E-state index in [0.29, 0.717) is 29.0 Å². The summed E-state index contributed by atoms with van der Waals surface area (Å²) in [5, 5.41) is 13.3. The summed E-state index contributed by atoms with van der Waals surface area (Å²) in [6, 6.07) is 3.01. The van der Waals surface area contributed by atoms with Crippen molar-refractivity contribution in [1.82, 2.24) is 15.3 Å². The number of ether oxygens (including phenoxy) is 1. The molecule has 0 saturated heterocycles. The number of rotatable bonds is 4. The van der Waals surface area contributed by atoms with Crippen LogP contribution in [0.15, 0.2) is 18.3 Å². The molecule has 22 heavy (non-hydrogen) atoms. The van der Waals surface area contributed by atoms with Gasteiger partial charge in [-0.2, -0.15) is 0 Å². The number of hydrogen-bond acceptors (Lipinski definition) is 5. The highest BCUT2D eigenvalue weighted by atomic mass is 19.1. The van der Waals surface area contributed by atoms with Gasteiger partial charge in [0.15, 0.2) is 0 Å². The van der Waals surface area contributed by atoms with Crippen LogP contribution in [0.1, 0.15) is 31.2 Å². The maximum Gasteiger partial charge on any atom is 0.232 e. The third-order valence-electron chi connectivity index (χ3n) is 4.22. The number of nitrogens with one attached hydrogen (secondary N) is 1. The summed E-state index contributed by atoms with van der Waals surface area (Å²) in [7, 11) is 1.51. The molecule has 0 bridgehead atoms. The van der Waals surface area contributed by atoms with Gasteiger partial charge >= 0.3 is 0 Å². The molecule has 0 aliphatic heterocycles. The molecule has 1 aliphatic carbocycles. The van der Waals surface area contributed by atoms with Gasteiger partial charge in [0.05, 0.1) is 24.9 Å². The Morgan fingerprint density at radius 1 is 1.36 bits per heavy atom. The fourth-order valence-corrected chi connectivity index (χ4v) is 2.94. The third kappa shape index (κ3) is 3.03. The van der Waals surface area contributed by atoms with E-state index in [0.717, 1.165) is 25.7 Å². The molecule has 0 amide bonds. The average Bonchev–Trinajstić information content (AvgIpc) is 2.55. The van der Waals surface area contributed by atoms with Gasteiger partial charge in [-0.1, -0.05) is 12.8 Å². The van der Waals surface area contributed by atoms with Crippen LogP contribution < -0.4 is 10.1 Å². The van der Waals surface area contributed by atoms with Crippen molar-refractivity contribution in [3.05, 3.63) is 29.7 Å². The molecule has 2 N–H and O–H groups in total. The standard InChI is InChI=1S/C16H20FN3O2/c1-22-15-9-19-13-7-6-11(17)10(16(13)20-15)8-18-12-4-2-3-5-14(12)21/h6-7,9,12,14,18,21H,2-5,8H2,1H3. The molecule has 1 aromatic carbocycles. The summed E-state index contributed by atoms with van der Waals surface area (Å²) < 4.78 is 19.3.